The summed E-state index contributed by atoms with van der Waals surface area (Å²) in [5.74, 6) is 0.201. The van der Waals surface area contributed by atoms with Gasteiger partial charge in [0.1, 0.15) is 5.54 Å². The number of fused-ring (bicyclic) bond motifs is 1. The summed E-state index contributed by atoms with van der Waals surface area (Å²) in [5, 5.41) is 10.3. The molecule has 2 saturated heterocycles. The Balaban J connectivity index is 1.29. The molecule has 0 unspecified atom stereocenters. The van der Waals surface area contributed by atoms with Crippen LogP contribution in [0.4, 0.5) is 10.6 Å². The molecule has 9 nitrogen and oxygen atoms in total. The van der Waals surface area contributed by atoms with Gasteiger partial charge in [0.05, 0.1) is 5.39 Å². The highest BCUT2D eigenvalue weighted by Crippen LogP contribution is 2.33. The summed E-state index contributed by atoms with van der Waals surface area (Å²) in [6, 6.07) is 14.2. The van der Waals surface area contributed by atoms with Crippen LogP contribution in [0, 0.1) is 5.92 Å². The van der Waals surface area contributed by atoms with Crippen molar-refractivity contribution in [3.05, 3.63) is 59.7 Å². The predicted molar refractivity (Wildman–Crippen MR) is 122 cm³/mol. The molecule has 3 aromatic rings. The van der Waals surface area contributed by atoms with Crippen molar-refractivity contribution in [3.8, 4) is 0 Å². The average Bonchev–Trinajstić information content (AvgIpc) is 3.39. The van der Waals surface area contributed by atoms with E-state index in [1.165, 1.54) is 0 Å². The summed E-state index contributed by atoms with van der Waals surface area (Å²) < 4.78 is 5.41. The van der Waals surface area contributed by atoms with E-state index in [9.17, 15) is 14.4 Å². The van der Waals surface area contributed by atoms with E-state index in [4.69, 9.17) is 4.52 Å². The van der Waals surface area contributed by atoms with E-state index in [2.05, 4.69) is 20.7 Å². The number of nitrogens with zero attached hydrogens (tertiary/aromatic N) is 3. The Labute approximate surface area is 190 Å². The van der Waals surface area contributed by atoms with E-state index in [0.717, 1.165) is 16.8 Å². The average molecular weight is 447 g/mol. The number of urea groups is 1. The maximum atomic E-state index is 13.1. The van der Waals surface area contributed by atoms with E-state index in [1.807, 2.05) is 43.0 Å². The molecule has 1 aromatic heterocycles. The van der Waals surface area contributed by atoms with Crippen LogP contribution in [0.25, 0.3) is 11.0 Å². The van der Waals surface area contributed by atoms with E-state index in [0.29, 0.717) is 37.3 Å². The first-order valence-electron chi connectivity index (χ1n) is 11.0. The van der Waals surface area contributed by atoms with Crippen LogP contribution in [-0.4, -0.2) is 54.1 Å². The summed E-state index contributed by atoms with van der Waals surface area (Å²) in [4.78, 5) is 41.4. The molecule has 5 rings (SSSR count). The Bertz CT molecular complexity index is 1230. The third kappa shape index (κ3) is 3.40. The Morgan fingerprint density at radius 2 is 1.73 bits per heavy atom. The van der Waals surface area contributed by atoms with Crippen LogP contribution in [-0.2, 0) is 10.3 Å². The summed E-state index contributed by atoms with van der Waals surface area (Å²) in [6.07, 6.45) is 0. The van der Waals surface area contributed by atoms with Crippen molar-refractivity contribution >= 4 is 34.6 Å². The fourth-order valence-corrected chi connectivity index (χ4v) is 4.69. The zero-order valence-corrected chi connectivity index (χ0v) is 18.5. The second-order valence-corrected chi connectivity index (χ2v) is 8.73. The number of benzene rings is 2. The Morgan fingerprint density at radius 1 is 1.03 bits per heavy atom. The van der Waals surface area contributed by atoms with Gasteiger partial charge in [-0.2, -0.15) is 0 Å². The molecule has 1 atom stereocenters. The van der Waals surface area contributed by atoms with Crippen molar-refractivity contribution in [3.63, 3.8) is 0 Å². The van der Waals surface area contributed by atoms with Crippen molar-refractivity contribution in [2.45, 2.75) is 19.4 Å². The minimum absolute atomic E-state index is 0.0651. The summed E-state index contributed by atoms with van der Waals surface area (Å²) >= 11 is 0. The van der Waals surface area contributed by atoms with Gasteiger partial charge in [-0.05, 0) is 35.7 Å². The largest absolute Gasteiger partial charge is 0.354 e. The monoisotopic (exact) mass is 447 g/mol. The molecule has 0 aliphatic carbocycles. The molecule has 2 aliphatic rings. The van der Waals surface area contributed by atoms with Gasteiger partial charge in [-0.1, -0.05) is 43.3 Å². The predicted octanol–water partition coefficient (Wildman–Crippen LogP) is 2.48. The molecule has 2 N–H and O–H groups in total. The van der Waals surface area contributed by atoms with Crippen LogP contribution >= 0.6 is 0 Å². The standard InChI is InChI=1S/C24H25N5O4/c1-15(2)24(22(31)25-23(32)26-24)17-9-7-16(8-10-17)21(30)29-13-11-28(12-14-29)20-18-5-3-4-6-19(18)33-27-20/h3-10,15H,11-14H2,1-2H3,(H2,25,26,31,32)/t24-/m1/s1. The number of imide groups is 1. The van der Waals surface area contributed by atoms with Gasteiger partial charge in [0.2, 0.25) is 0 Å². The van der Waals surface area contributed by atoms with Crippen LogP contribution in [0.3, 0.4) is 0 Å². The molecule has 2 aliphatic heterocycles. The van der Waals surface area contributed by atoms with Crippen molar-refractivity contribution in [2.75, 3.05) is 31.1 Å². The van der Waals surface area contributed by atoms with Gasteiger partial charge >= 0.3 is 6.03 Å². The van der Waals surface area contributed by atoms with E-state index < -0.39 is 11.6 Å². The zero-order chi connectivity index (χ0) is 23.2. The lowest BCUT2D eigenvalue weighted by Crippen LogP contribution is -2.49. The number of amides is 4. The minimum atomic E-state index is -1.13. The summed E-state index contributed by atoms with van der Waals surface area (Å²) in [6.45, 7) is 6.20. The van der Waals surface area contributed by atoms with Crippen molar-refractivity contribution in [1.29, 1.82) is 0 Å². The number of para-hydroxylation sites is 1. The molecule has 3 heterocycles. The van der Waals surface area contributed by atoms with Crippen LogP contribution in [0.5, 0.6) is 0 Å². The lowest BCUT2D eigenvalue weighted by atomic mass is 9.79. The maximum Gasteiger partial charge on any atom is 0.322 e. The molecule has 9 heteroatoms. The third-order valence-corrected chi connectivity index (χ3v) is 6.57. The number of piperazine rings is 1. The lowest BCUT2D eigenvalue weighted by Gasteiger charge is -2.35. The van der Waals surface area contributed by atoms with Gasteiger partial charge in [0, 0.05) is 31.7 Å². The molecular formula is C24H25N5O4. The Kier molecular flexibility index (Phi) is 5.03. The Hall–Kier alpha value is -3.88. The molecular weight excluding hydrogens is 422 g/mol. The molecule has 0 bridgehead atoms. The van der Waals surface area contributed by atoms with Gasteiger partial charge in [0.25, 0.3) is 11.8 Å². The van der Waals surface area contributed by atoms with E-state index in [-0.39, 0.29) is 17.7 Å². The van der Waals surface area contributed by atoms with Gasteiger partial charge < -0.3 is 19.6 Å². The molecule has 4 amide bonds. The summed E-state index contributed by atoms with van der Waals surface area (Å²) in [7, 11) is 0. The van der Waals surface area contributed by atoms with Crippen molar-refractivity contribution < 1.29 is 18.9 Å². The normalized spacial score (nSPS) is 20.9. The topological polar surface area (TPSA) is 108 Å². The van der Waals surface area contributed by atoms with Gasteiger partial charge in [-0.3, -0.25) is 14.9 Å². The number of carbonyl (C=O) groups excluding carboxylic acids is 3. The van der Waals surface area contributed by atoms with E-state index in [1.54, 1.807) is 24.3 Å². The first kappa shape index (κ1) is 21.0. The highest BCUT2D eigenvalue weighted by atomic mass is 16.5. The maximum absolute atomic E-state index is 13.1. The molecule has 2 aromatic carbocycles. The molecule has 33 heavy (non-hydrogen) atoms. The van der Waals surface area contributed by atoms with Gasteiger partial charge in [-0.15, -0.1) is 0 Å². The Morgan fingerprint density at radius 3 is 2.36 bits per heavy atom. The smallest absolute Gasteiger partial charge is 0.322 e. The summed E-state index contributed by atoms with van der Waals surface area (Å²) in [5.41, 5.74) is 0.810. The highest BCUT2D eigenvalue weighted by molar-refractivity contribution is 6.07. The fraction of sp³-hybridized carbons (Fsp3) is 0.333. The lowest BCUT2D eigenvalue weighted by molar-refractivity contribution is -0.125. The highest BCUT2D eigenvalue weighted by Gasteiger charge is 2.50. The number of rotatable bonds is 4. The quantitative estimate of drug-likeness (QED) is 0.595. The number of nitrogens with one attached hydrogen (secondary N) is 2. The van der Waals surface area contributed by atoms with Crippen LogP contribution in [0.1, 0.15) is 29.8 Å². The fourth-order valence-electron chi connectivity index (χ4n) is 4.69. The first-order chi connectivity index (χ1) is 15.9. The number of hydrogen-bond donors (Lipinski definition) is 2. The number of hydrogen-bond acceptors (Lipinski definition) is 6. The second-order valence-electron chi connectivity index (χ2n) is 8.73. The SMILES string of the molecule is CC(C)[C@]1(c2ccc(C(=O)N3CCN(c4noc5ccccc45)CC3)cc2)NC(=O)NC1=O. The number of carbonyl (C=O) groups is 3. The molecule has 170 valence electrons. The molecule has 2 fully saturated rings. The van der Waals surface area contributed by atoms with Crippen molar-refractivity contribution in [1.82, 2.24) is 20.7 Å². The van der Waals surface area contributed by atoms with E-state index >= 15 is 0 Å². The van der Waals surface area contributed by atoms with Crippen molar-refractivity contribution in [2.24, 2.45) is 5.92 Å². The van der Waals surface area contributed by atoms with Gasteiger partial charge in [0.15, 0.2) is 11.4 Å². The zero-order valence-electron chi connectivity index (χ0n) is 18.5. The third-order valence-electron chi connectivity index (χ3n) is 6.57. The minimum Gasteiger partial charge on any atom is -0.354 e. The molecule has 0 spiro atoms. The first-order valence-corrected chi connectivity index (χ1v) is 11.0. The van der Waals surface area contributed by atoms with Gasteiger partial charge in [-0.25, -0.2) is 4.79 Å². The number of aromatic nitrogens is 1. The second kappa shape index (κ2) is 7.91. The molecule has 0 saturated carbocycles. The number of anilines is 1. The molecule has 0 radical (unpaired) electrons. The van der Waals surface area contributed by atoms with Crippen LogP contribution in [0.2, 0.25) is 0 Å². The van der Waals surface area contributed by atoms with Crippen LogP contribution in [0.15, 0.2) is 53.1 Å². The van der Waals surface area contributed by atoms with Crippen LogP contribution < -0.4 is 15.5 Å².